The van der Waals surface area contributed by atoms with E-state index in [0.29, 0.717) is 5.75 Å². The summed E-state index contributed by atoms with van der Waals surface area (Å²) in [5, 5.41) is 0. The highest BCUT2D eigenvalue weighted by atomic mass is 16.6. The van der Waals surface area contributed by atoms with Gasteiger partial charge in [-0.15, -0.1) is 0 Å². The Labute approximate surface area is 98.4 Å². The molecule has 5 heteroatoms. The molecular formula is C12H12N2O3. The van der Waals surface area contributed by atoms with Gasteiger partial charge >= 0.3 is 5.97 Å². The second-order valence-corrected chi connectivity index (χ2v) is 3.36. The van der Waals surface area contributed by atoms with E-state index in [-0.39, 0.29) is 6.61 Å². The number of carbonyl (C=O) groups is 1. The minimum Gasteiger partial charge on any atom is -0.482 e. The van der Waals surface area contributed by atoms with Crippen LogP contribution in [0.25, 0.3) is 11.3 Å². The molecule has 0 fully saturated rings. The van der Waals surface area contributed by atoms with Crippen molar-refractivity contribution < 1.29 is 14.3 Å². The van der Waals surface area contributed by atoms with E-state index in [1.807, 2.05) is 18.2 Å². The SMILES string of the molecule is COC(=O)COc1cccc(-c2cnc[nH]2)c1. The number of aromatic nitrogens is 2. The van der Waals surface area contributed by atoms with Gasteiger partial charge in [0.05, 0.1) is 25.3 Å². The molecule has 88 valence electrons. The Bertz CT molecular complexity index is 494. The van der Waals surface area contributed by atoms with E-state index in [0.717, 1.165) is 11.3 Å². The molecule has 1 aromatic carbocycles. The lowest BCUT2D eigenvalue weighted by Gasteiger charge is -2.05. The second-order valence-electron chi connectivity index (χ2n) is 3.36. The molecule has 5 nitrogen and oxygen atoms in total. The summed E-state index contributed by atoms with van der Waals surface area (Å²) in [6.45, 7) is -0.0943. The molecule has 0 amide bonds. The summed E-state index contributed by atoms with van der Waals surface area (Å²) >= 11 is 0. The molecule has 0 saturated carbocycles. The molecule has 2 aromatic rings. The number of hydrogen-bond acceptors (Lipinski definition) is 4. The van der Waals surface area contributed by atoms with Gasteiger partial charge < -0.3 is 14.5 Å². The number of ether oxygens (including phenoxy) is 2. The Morgan fingerprint density at radius 1 is 1.47 bits per heavy atom. The molecule has 0 spiro atoms. The number of benzene rings is 1. The van der Waals surface area contributed by atoms with Crippen LogP contribution in [-0.2, 0) is 9.53 Å². The summed E-state index contributed by atoms with van der Waals surface area (Å²) in [6, 6.07) is 7.39. The number of hydrogen-bond donors (Lipinski definition) is 1. The van der Waals surface area contributed by atoms with Crippen molar-refractivity contribution in [2.45, 2.75) is 0 Å². The first-order chi connectivity index (χ1) is 8.29. The number of carbonyl (C=O) groups excluding carboxylic acids is 1. The molecule has 0 aliphatic rings. The molecule has 0 unspecified atom stereocenters. The largest absolute Gasteiger partial charge is 0.482 e. The lowest BCUT2D eigenvalue weighted by Crippen LogP contribution is -2.12. The van der Waals surface area contributed by atoms with Gasteiger partial charge in [0.15, 0.2) is 6.61 Å². The fourth-order valence-electron chi connectivity index (χ4n) is 1.37. The third-order valence-corrected chi connectivity index (χ3v) is 2.23. The average molecular weight is 232 g/mol. The van der Waals surface area contributed by atoms with Crippen LogP contribution in [0.4, 0.5) is 0 Å². The van der Waals surface area contributed by atoms with Crippen LogP contribution in [-0.4, -0.2) is 29.7 Å². The highest BCUT2D eigenvalue weighted by Gasteiger charge is 2.04. The molecular weight excluding hydrogens is 220 g/mol. The number of nitrogens with zero attached hydrogens (tertiary/aromatic N) is 1. The molecule has 0 bridgehead atoms. The van der Waals surface area contributed by atoms with Crippen molar-refractivity contribution in [2.24, 2.45) is 0 Å². The Morgan fingerprint density at radius 3 is 3.06 bits per heavy atom. The first kappa shape index (κ1) is 11.2. The van der Waals surface area contributed by atoms with E-state index in [1.165, 1.54) is 7.11 Å². The minimum atomic E-state index is -0.406. The number of aromatic amines is 1. The van der Waals surface area contributed by atoms with Crippen LogP contribution in [0.5, 0.6) is 5.75 Å². The zero-order valence-electron chi connectivity index (χ0n) is 9.34. The average Bonchev–Trinajstić information content (AvgIpc) is 2.90. The van der Waals surface area contributed by atoms with Crippen molar-refractivity contribution in [1.29, 1.82) is 0 Å². The second kappa shape index (κ2) is 5.16. The Kier molecular flexibility index (Phi) is 3.40. The molecule has 0 aliphatic heterocycles. The van der Waals surface area contributed by atoms with Gasteiger partial charge in [-0.1, -0.05) is 12.1 Å². The molecule has 2 rings (SSSR count). The summed E-state index contributed by atoms with van der Waals surface area (Å²) in [7, 11) is 1.33. The Morgan fingerprint density at radius 2 is 2.35 bits per heavy atom. The number of nitrogens with one attached hydrogen (secondary N) is 1. The fourth-order valence-corrected chi connectivity index (χ4v) is 1.37. The zero-order chi connectivity index (χ0) is 12.1. The van der Waals surface area contributed by atoms with Crippen LogP contribution in [0.1, 0.15) is 0 Å². The molecule has 1 aromatic heterocycles. The zero-order valence-corrected chi connectivity index (χ0v) is 9.34. The molecule has 1 N–H and O–H groups in total. The lowest BCUT2D eigenvalue weighted by molar-refractivity contribution is -0.142. The normalized spacial score (nSPS) is 9.94. The lowest BCUT2D eigenvalue weighted by atomic mass is 10.1. The van der Waals surface area contributed by atoms with Crippen LogP contribution in [0.2, 0.25) is 0 Å². The van der Waals surface area contributed by atoms with Crippen molar-refractivity contribution >= 4 is 5.97 Å². The number of rotatable bonds is 4. The molecule has 0 saturated heterocycles. The summed E-state index contributed by atoms with van der Waals surface area (Å²) in [6.07, 6.45) is 3.33. The molecule has 0 radical (unpaired) electrons. The first-order valence-electron chi connectivity index (χ1n) is 5.08. The fraction of sp³-hybridized carbons (Fsp3) is 0.167. The predicted octanol–water partition coefficient (Wildman–Crippen LogP) is 1.63. The van der Waals surface area contributed by atoms with Crippen LogP contribution >= 0.6 is 0 Å². The summed E-state index contributed by atoms with van der Waals surface area (Å²) < 4.78 is 9.78. The van der Waals surface area contributed by atoms with Gasteiger partial charge in [-0.3, -0.25) is 0 Å². The monoisotopic (exact) mass is 232 g/mol. The van der Waals surface area contributed by atoms with E-state index < -0.39 is 5.97 Å². The maximum atomic E-state index is 10.9. The number of methoxy groups -OCH3 is 1. The molecule has 1 heterocycles. The van der Waals surface area contributed by atoms with Gasteiger partial charge in [0.1, 0.15) is 5.75 Å². The van der Waals surface area contributed by atoms with Gasteiger partial charge in [0.25, 0.3) is 0 Å². The van der Waals surface area contributed by atoms with Gasteiger partial charge in [0, 0.05) is 5.56 Å². The number of H-pyrrole nitrogens is 1. The topological polar surface area (TPSA) is 64.2 Å². The molecule has 0 aliphatic carbocycles. The van der Waals surface area contributed by atoms with Crippen molar-refractivity contribution in [1.82, 2.24) is 9.97 Å². The van der Waals surface area contributed by atoms with Gasteiger partial charge in [-0.2, -0.15) is 0 Å². The van der Waals surface area contributed by atoms with Crippen LogP contribution in [0, 0.1) is 0 Å². The van der Waals surface area contributed by atoms with Crippen molar-refractivity contribution in [3.05, 3.63) is 36.8 Å². The quantitative estimate of drug-likeness (QED) is 0.814. The van der Waals surface area contributed by atoms with Crippen molar-refractivity contribution in [2.75, 3.05) is 13.7 Å². The third kappa shape index (κ3) is 2.84. The molecule has 17 heavy (non-hydrogen) atoms. The summed E-state index contributed by atoms with van der Waals surface area (Å²) in [5.74, 6) is 0.208. The van der Waals surface area contributed by atoms with Crippen LogP contribution in [0.3, 0.4) is 0 Å². The first-order valence-corrected chi connectivity index (χ1v) is 5.08. The standard InChI is InChI=1S/C12H12N2O3/c1-16-12(15)7-17-10-4-2-3-9(5-10)11-6-13-8-14-11/h2-6,8H,7H2,1H3,(H,13,14). The summed E-state index contributed by atoms with van der Waals surface area (Å²) in [5.41, 5.74) is 1.85. The van der Waals surface area contributed by atoms with E-state index in [1.54, 1.807) is 18.6 Å². The van der Waals surface area contributed by atoms with Crippen molar-refractivity contribution in [3.8, 4) is 17.0 Å². The number of imidazole rings is 1. The van der Waals surface area contributed by atoms with E-state index in [9.17, 15) is 4.79 Å². The van der Waals surface area contributed by atoms with Crippen LogP contribution < -0.4 is 4.74 Å². The van der Waals surface area contributed by atoms with E-state index in [4.69, 9.17) is 4.74 Å². The maximum absolute atomic E-state index is 10.9. The molecule has 0 atom stereocenters. The highest BCUT2D eigenvalue weighted by Crippen LogP contribution is 2.21. The minimum absolute atomic E-state index is 0.0943. The van der Waals surface area contributed by atoms with Gasteiger partial charge in [-0.25, -0.2) is 9.78 Å². The van der Waals surface area contributed by atoms with Gasteiger partial charge in [0.2, 0.25) is 0 Å². The highest BCUT2D eigenvalue weighted by molar-refractivity contribution is 5.71. The Hall–Kier alpha value is -2.30. The smallest absolute Gasteiger partial charge is 0.343 e. The van der Waals surface area contributed by atoms with Gasteiger partial charge in [-0.05, 0) is 12.1 Å². The predicted molar refractivity (Wildman–Crippen MR) is 61.5 cm³/mol. The maximum Gasteiger partial charge on any atom is 0.343 e. The summed E-state index contributed by atoms with van der Waals surface area (Å²) in [4.78, 5) is 17.9. The van der Waals surface area contributed by atoms with Crippen molar-refractivity contribution in [3.63, 3.8) is 0 Å². The van der Waals surface area contributed by atoms with E-state index >= 15 is 0 Å². The third-order valence-electron chi connectivity index (χ3n) is 2.23. The Balaban J connectivity index is 2.09. The number of esters is 1. The van der Waals surface area contributed by atoms with Crippen LogP contribution in [0.15, 0.2) is 36.8 Å². The van der Waals surface area contributed by atoms with E-state index in [2.05, 4.69) is 14.7 Å².